The number of amides is 1. The van der Waals surface area contributed by atoms with E-state index in [-0.39, 0.29) is 5.91 Å². The highest BCUT2D eigenvalue weighted by molar-refractivity contribution is 5.99. The van der Waals surface area contributed by atoms with Gasteiger partial charge in [-0.1, -0.05) is 25.8 Å². The third-order valence-electron chi connectivity index (χ3n) is 4.43. The standard InChI is InChI=1S/C19H24N4O/c1-3-19(24)21-15-9-10-17(20-14-7-5-4-6-8-14)16(13-15)18-11-12-23(2)22-18/h3,9-14,20H,1,4-8H2,2H3,(H,21,24). The Morgan fingerprint density at radius 3 is 2.75 bits per heavy atom. The molecule has 0 bridgehead atoms. The predicted molar refractivity (Wildman–Crippen MR) is 98.0 cm³/mol. The molecule has 1 aromatic heterocycles. The summed E-state index contributed by atoms with van der Waals surface area (Å²) in [7, 11) is 1.90. The molecule has 3 rings (SSSR count). The molecule has 5 nitrogen and oxygen atoms in total. The van der Waals surface area contributed by atoms with E-state index in [2.05, 4.69) is 22.3 Å². The third-order valence-corrected chi connectivity index (χ3v) is 4.43. The van der Waals surface area contributed by atoms with Crippen LogP contribution in [0, 0.1) is 0 Å². The highest BCUT2D eigenvalue weighted by atomic mass is 16.1. The van der Waals surface area contributed by atoms with Gasteiger partial charge in [-0.15, -0.1) is 0 Å². The summed E-state index contributed by atoms with van der Waals surface area (Å²) in [6.45, 7) is 3.50. The van der Waals surface area contributed by atoms with Crippen LogP contribution < -0.4 is 10.6 Å². The summed E-state index contributed by atoms with van der Waals surface area (Å²) in [6, 6.07) is 8.40. The van der Waals surface area contributed by atoms with Crippen LogP contribution in [0.15, 0.2) is 43.1 Å². The summed E-state index contributed by atoms with van der Waals surface area (Å²) >= 11 is 0. The van der Waals surface area contributed by atoms with Gasteiger partial charge in [-0.05, 0) is 43.2 Å². The molecule has 0 saturated heterocycles. The van der Waals surface area contributed by atoms with E-state index in [0.29, 0.717) is 6.04 Å². The number of aromatic nitrogens is 2. The number of nitrogens with one attached hydrogen (secondary N) is 2. The van der Waals surface area contributed by atoms with Crippen LogP contribution in [0.2, 0.25) is 0 Å². The molecule has 1 aromatic carbocycles. The van der Waals surface area contributed by atoms with Crippen molar-refractivity contribution in [2.45, 2.75) is 38.1 Å². The van der Waals surface area contributed by atoms with Gasteiger partial charge in [0.15, 0.2) is 0 Å². The second kappa shape index (κ2) is 7.34. The molecule has 0 unspecified atom stereocenters. The Hall–Kier alpha value is -2.56. The maximum absolute atomic E-state index is 11.6. The van der Waals surface area contributed by atoms with Gasteiger partial charge >= 0.3 is 0 Å². The first-order valence-corrected chi connectivity index (χ1v) is 8.50. The molecule has 1 aliphatic rings. The molecule has 0 aliphatic heterocycles. The van der Waals surface area contributed by atoms with Gasteiger partial charge in [-0.25, -0.2) is 0 Å². The zero-order valence-corrected chi connectivity index (χ0v) is 14.1. The van der Waals surface area contributed by atoms with Crippen LogP contribution in [0.4, 0.5) is 11.4 Å². The molecule has 0 atom stereocenters. The maximum atomic E-state index is 11.6. The van der Waals surface area contributed by atoms with E-state index in [0.717, 1.165) is 22.6 Å². The normalized spacial score (nSPS) is 15.0. The van der Waals surface area contributed by atoms with E-state index in [4.69, 9.17) is 0 Å². The van der Waals surface area contributed by atoms with Crippen molar-refractivity contribution in [2.24, 2.45) is 7.05 Å². The number of nitrogens with zero attached hydrogens (tertiary/aromatic N) is 2. The van der Waals surface area contributed by atoms with Crippen LogP contribution >= 0.6 is 0 Å². The molecule has 0 radical (unpaired) electrons. The van der Waals surface area contributed by atoms with Gasteiger partial charge in [0, 0.05) is 36.2 Å². The summed E-state index contributed by atoms with van der Waals surface area (Å²) in [5.74, 6) is -0.213. The van der Waals surface area contributed by atoms with E-state index in [1.165, 1.54) is 38.2 Å². The van der Waals surface area contributed by atoms with Crippen molar-refractivity contribution in [1.82, 2.24) is 9.78 Å². The monoisotopic (exact) mass is 324 g/mol. The Morgan fingerprint density at radius 1 is 1.29 bits per heavy atom. The largest absolute Gasteiger partial charge is 0.382 e. The number of hydrogen-bond acceptors (Lipinski definition) is 3. The highest BCUT2D eigenvalue weighted by Gasteiger charge is 2.16. The van der Waals surface area contributed by atoms with Gasteiger partial charge in [0.25, 0.3) is 0 Å². The molecule has 2 aromatic rings. The van der Waals surface area contributed by atoms with Gasteiger partial charge in [0.05, 0.1) is 5.69 Å². The van der Waals surface area contributed by atoms with E-state index >= 15 is 0 Å². The SMILES string of the molecule is C=CC(=O)Nc1ccc(NC2CCCCC2)c(-c2ccn(C)n2)c1. The maximum Gasteiger partial charge on any atom is 0.247 e. The van der Waals surface area contributed by atoms with Crippen molar-refractivity contribution in [3.63, 3.8) is 0 Å². The lowest BCUT2D eigenvalue weighted by Crippen LogP contribution is -2.22. The highest BCUT2D eigenvalue weighted by Crippen LogP contribution is 2.32. The zero-order valence-electron chi connectivity index (χ0n) is 14.1. The van der Waals surface area contributed by atoms with E-state index in [1.807, 2.05) is 37.5 Å². The van der Waals surface area contributed by atoms with Crippen molar-refractivity contribution in [1.29, 1.82) is 0 Å². The van der Waals surface area contributed by atoms with Crippen molar-refractivity contribution < 1.29 is 4.79 Å². The van der Waals surface area contributed by atoms with Gasteiger partial charge in [0.1, 0.15) is 0 Å². The number of carbonyl (C=O) groups is 1. The topological polar surface area (TPSA) is 59.0 Å². The minimum atomic E-state index is -0.213. The van der Waals surface area contributed by atoms with E-state index in [1.54, 1.807) is 4.68 Å². The zero-order chi connectivity index (χ0) is 16.9. The quantitative estimate of drug-likeness (QED) is 0.819. The second-order valence-corrected chi connectivity index (χ2v) is 6.31. The number of anilines is 2. The summed E-state index contributed by atoms with van der Waals surface area (Å²) in [5, 5.41) is 11.0. The van der Waals surface area contributed by atoms with Crippen molar-refractivity contribution >= 4 is 17.3 Å². The Bertz CT molecular complexity index is 729. The fourth-order valence-electron chi connectivity index (χ4n) is 3.18. The molecule has 126 valence electrons. The molecule has 1 heterocycles. The minimum Gasteiger partial charge on any atom is -0.382 e. The number of benzene rings is 1. The lowest BCUT2D eigenvalue weighted by molar-refractivity contribution is -0.111. The minimum absolute atomic E-state index is 0.213. The fraction of sp³-hybridized carbons (Fsp3) is 0.368. The Morgan fingerprint density at radius 2 is 2.08 bits per heavy atom. The second-order valence-electron chi connectivity index (χ2n) is 6.31. The molecule has 1 aliphatic carbocycles. The Kier molecular flexibility index (Phi) is 4.99. The summed E-state index contributed by atoms with van der Waals surface area (Å²) < 4.78 is 1.79. The first-order valence-electron chi connectivity index (χ1n) is 8.50. The van der Waals surface area contributed by atoms with Crippen molar-refractivity contribution in [2.75, 3.05) is 10.6 Å². The van der Waals surface area contributed by atoms with Crippen LogP contribution in [0.25, 0.3) is 11.3 Å². The smallest absolute Gasteiger partial charge is 0.247 e. The number of rotatable bonds is 5. The first-order chi connectivity index (χ1) is 11.7. The predicted octanol–water partition coefficient (Wildman–Crippen LogP) is 3.96. The molecule has 1 saturated carbocycles. The number of carbonyl (C=O) groups excluding carboxylic acids is 1. The van der Waals surface area contributed by atoms with Crippen LogP contribution in [0.1, 0.15) is 32.1 Å². The molecule has 0 spiro atoms. The lowest BCUT2D eigenvalue weighted by Gasteiger charge is -2.25. The molecule has 1 fully saturated rings. The first kappa shape index (κ1) is 16.3. The molecule has 2 N–H and O–H groups in total. The van der Waals surface area contributed by atoms with Crippen molar-refractivity contribution in [3.05, 3.63) is 43.1 Å². The summed E-state index contributed by atoms with van der Waals surface area (Å²) in [6.07, 6.45) is 9.50. The van der Waals surface area contributed by atoms with Crippen LogP contribution in [0.3, 0.4) is 0 Å². The van der Waals surface area contributed by atoms with Crippen molar-refractivity contribution in [3.8, 4) is 11.3 Å². The van der Waals surface area contributed by atoms with Crippen LogP contribution in [0.5, 0.6) is 0 Å². The van der Waals surface area contributed by atoms with E-state index in [9.17, 15) is 4.79 Å². The molecular weight excluding hydrogens is 300 g/mol. The molecule has 24 heavy (non-hydrogen) atoms. The summed E-state index contributed by atoms with van der Waals surface area (Å²) in [5.41, 5.74) is 3.71. The van der Waals surface area contributed by atoms with Crippen LogP contribution in [-0.2, 0) is 11.8 Å². The van der Waals surface area contributed by atoms with Gasteiger partial charge < -0.3 is 10.6 Å². The Balaban J connectivity index is 1.91. The van der Waals surface area contributed by atoms with E-state index < -0.39 is 0 Å². The average molecular weight is 324 g/mol. The third kappa shape index (κ3) is 3.85. The van der Waals surface area contributed by atoms with Gasteiger partial charge in [-0.2, -0.15) is 5.10 Å². The fourth-order valence-corrected chi connectivity index (χ4v) is 3.18. The number of hydrogen-bond donors (Lipinski definition) is 2. The lowest BCUT2D eigenvalue weighted by atomic mass is 9.95. The molecule has 5 heteroatoms. The number of aryl methyl sites for hydroxylation is 1. The van der Waals surface area contributed by atoms with Crippen LogP contribution in [-0.4, -0.2) is 21.7 Å². The van der Waals surface area contributed by atoms with Gasteiger partial charge in [-0.3, -0.25) is 9.48 Å². The Labute approximate surface area is 142 Å². The summed E-state index contributed by atoms with van der Waals surface area (Å²) in [4.78, 5) is 11.6. The van der Waals surface area contributed by atoms with Gasteiger partial charge in [0.2, 0.25) is 5.91 Å². The average Bonchev–Trinajstić information content (AvgIpc) is 3.03. The molecular formula is C19H24N4O. The molecule has 1 amide bonds.